The molecule has 0 radical (unpaired) electrons. The third-order valence-electron chi connectivity index (χ3n) is 3.08. The summed E-state index contributed by atoms with van der Waals surface area (Å²) in [4.78, 5) is 4.05. The SMILES string of the molecule is CCOC(c1ccccc1)C(N)c1cc(Cl)cnc1N. The van der Waals surface area contributed by atoms with Gasteiger partial charge < -0.3 is 16.2 Å². The normalized spacial score (nSPS) is 13.9. The summed E-state index contributed by atoms with van der Waals surface area (Å²) in [6.07, 6.45) is 1.22. The Labute approximate surface area is 123 Å². The molecule has 2 unspecified atom stereocenters. The van der Waals surface area contributed by atoms with Crippen LogP contribution in [0.3, 0.4) is 0 Å². The van der Waals surface area contributed by atoms with Crippen LogP contribution >= 0.6 is 11.6 Å². The number of aromatic nitrogens is 1. The lowest BCUT2D eigenvalue weighted by molar-refractivity contribution is 0.0430. The second-order valence-corrected chi connectivity index (χ2v) is 4.88. The minimum atomic E-state index is -0.427. The Hall–Kier alpha value is -1.62. The molecule has 20 heavy (non-hydrogen) atoms. The van der Waals surface area contributed by atoms with Crippen LogP contribution in [-0.2, 0) is 4.74 Å². The van der Waals surface area contributed by atoms with E-state index in [2.05, 4.69) is 4.98 Å². The highest BCUT2D eigenvalue weighted by atomic mass is 35.5. The highest BCUT2D eigenvalue weighted by molar-refractivity contribution is 6.30. The van der Waals surface area contributed by atoms with Crippen molar-refractivity contribution >= 4 is 17.4 Å². The molecule has 5 heteroatoms. The van der Waals surface area contributed by atoms with Gasteiger partial charge in [0.25, 0.3) is 0 Å². The van der Waals surface area contributed by atoms with Crippen molar-refractivity contribution in [3.63, 3.8) is 0 Å². The zero-order valence-corrected chi connectivity index (χ0v) is 12.0. The lowest BCUT2D eigenvalue weighted by Crippen LogP contribution is -2.23. The van der Waals surface area contributed by atoms with Crippen LogP contribution < -0.4 is 11.5 Å². The van der Waals surface area contributed by atoms with E-state index in [-0.39, 0.29) is 6.10 Å². The van der Waals surface area contributed by atoms with Crippen LogP contribution in [0.1, 0.15) is 30.2 Å². The van der Waals surface area contributed by atoms with E-state index < -0.39 is 6.04 Å². The van der Waals surface area contributed by atoms with Crippen molar-refractivity contribution in [3.8, 4) is 0 Å². The average molecular weight is 292 g/mol. The number of ether oxygens (including phenoxy) is 1. The predicted molar refractivity (Wildman–Crippen MR) is 81.4 cm³/mol. The molecular formula is C15H18ClN3O. The van der Waals surface area contributed by atoms with Crippen molar-refractivity contribution in [2.24, 2.45) is 5.73 Å². The Morgan fingerprint density at radius 1 is 1.30 bits per heavy atom. The van der Waals surface area contributed by atoms with E-state index in [0.717, 1.165) is 5.56 Å². The Kier molecular flexibility index (Phi) is 4.95. The van der Waals surface area contributed by atoms with E-state index in [4.69, 9.17) is 27.8 Å². The first-order valence-electron chi connectivity index (χ1n) is 6.46. The predicted octanol–water partition coefficient (Wildman–Crippen LogP) is 3.09. The molecule has 0 saturated carbocycles. The molecule has 2 aromatic rings. The zero-order chi connectivity index (χ0) is 14.5. The molecule has 0 aliphatic heterocycles. The number of anilines is 1. The summed E-state index contributed by atoms with van der Waals surface area (Å²) in [5, 5.41) is 0.507. The molecule has 1 aromatic carbocycles. The monoisotopic (exact) mass is 291 g/mol. The fourth-order valence-electron chi connectivity index (χ4n) is 2.13. The summed E-state index contributed by atoms with van der Waals surface area (Å²) in [6, 6.07) is 11.1. The van der Waals surface area contributed by atoms with Gasteiger partial charge in [0.15, 0.2) is 0 Å². The minimum absolute atomic E-state index is 0.288. The summed E-state index contributed by atoms with van der Waals surface area (Å²) in [5.41, 5.74) is 13.9. The van der Waals surface area contributed by atoms with Gasteiger partial charge in [0.05, 0.1) is 11.1 Å². The number of nitrogens with zero attached hydrogens (tertiary/aromatic N) is 1. The van der Waals surface area contributed by atoms with Gasteiger partial charge in [0.2, 0.25) is 0 Å². The topological polar surface area (TPSA) is 74.2 Å². The van der Waals surface area contributed by atoms with Crippen LogP contribution in [-0.4, -0.2) is 11.6 Å². The van der Waals surface area contributed by atoms with E-state index >= 15 is 0 Å². The number of nitrogen functional groups attached to an aromatic ring is 1. The fourth-order valence-corrected chi connectivity index (χ4v) is 2.29. The fraction of sp³-hybridized carbons (Fsp3) is 0.267. The highest BCUT2D eigenvalue weighted by Gasteiger charge is 2.24. The van der Waals surface area contributed by atoms with Gasteiger partial charge in [-0.1, -0.05) is 41.9 Å². The number of rotatable bonds is 5. The van der Waals surface area contributed by atoms with Crippen molar-refractivity contribution in [2.45, 2.75) is 19.1 Å². The van der Waals surface area contributed by atoms with Crippen LogP contribution in [0.5, 0.6) is 0 Å². The van der Waals surface area contributed by atoms with Gasteiger partial charge >= 0.3 is 0 Å². The molecule has 0 saturated heterocycles. The van der Waals surface area contributed by atoms with E-state index in [1.54, 1.807) is 6.07 Å². The standard InChI is InChI=1S/C15H18ClN3O/c1-2-20-14(10-6-4-3-5-7-10)13(17)12-8-11(16)9-19-15(12)18/h3-9,13-14H,2,17H2,1H3,(H2,18,19). The van der Waals surface area contributed by atoms with Crippen LogP contribution in [0.4, 0.5) is 5.82 Å². The molecule has 1 heterocycles. The van der Waals surface area contributed by atoms with E-state index in [0.29, 0.717) is 23.0 Å². The molecule has 0 amide bonds. The molecule has 0 bridgehead atoms. The summed E-state index contributed by atoms with van der Waals surface area (Å²) >= 11 is 5.97. The molecule has 0 spiro atoms. The lowest BCUT2D eigenvalue weighted by Gasteiger charge is -2.25. The maximum Gasteiger partial charge on any atom is 0.128 e. The number of nitrogens with two attached hydrogens (primary N) is 2. The summed E-state index contributed by atoms with van der Waals surface area (Å²) in [6.45, 7) is 2.49. The van der Waals surface area contributed by atoms with Gasteiger partial charge in [-0.2, -0.15) is 0 Å². The van der Waals surface area contributed by atoms with Gasteiger partial charge in [-0.05, 0) is 18.6 Å². The smallest absolute Gasteiger partial charge is 0.128 e. The Balaban J connectivity index is 2.36. The molecule has 4 nitrogen and oxygen atoms in total. The third kappa shape index (κ3) is 3.28. The quantitative estimate of drug-likeness (QED) is 0.888. The first kappa shape index (κ1) is 14.8. The van der Waals surface area contributed by atoms with Crippen molar-refractivity contribution in [1.29, 1.82) is 0 Å². The maximum absolute atomic E-state index is 6.32. The Bertz CT molecular complexity index is 562. The molecule has 0 aliphatic carbocycles. The number of benzene rings is 1. The van der Waals surface area contributed by atoms with Gasteiger partial charge in [-0.3, -0.25) is 0 Å². The minimum Gasteiger partial charge on any atom is -0.383 e. The number of hydrogen-bond donors (Lipinski definition) is 2. The molecule has 2 atom stereocenters. The summed E-state index contributed by atoms with van der Waals surface area (Å²) < 4.78 is 5.79. The maximum atomic E-state index is 6.32. The molecular weight excluding hydrogens is 274 g/mol. The van der Waals surface area contributed by atoms with Crippen LogP contribution in [0.15, 0.2) is 42.6 Å². The second-order valence-electron chi connectivity index (χ2n) is 4.44. The Morgan fingerprint density at radius 3 is 2.65 bits per heavy atom. The number of hydrogen-bond acceptors (Lipinski definition) is 4. The second kappa shape index (κ2) is 6.70. The molecule has 0 fully saturated rings. The van der Waals surface area contributed by atoms with Crippen LogP contribution in [0.2, 0.25) is 5.02 Å². The molecule has 106 valence electrons. The summed E-state index contributed by atoms with van der Waals surface area (Å²) in [7, 11) is 0. The van der Waals surface area contributed by atoms with Gasteiger partial charge in [0, 0.05) is 18.4 Å². The highest BCUT2D eigenvalue weighted by Crippen LogP contribution is 2.33. The first-order valence-corrected chi connectivity index (χ1v) is 6.84. The zero-order valence-electron chi connectivity index (χ0n) is 11.3. The van der Waals surface area contributed by atoms with Gasteiger partial charge in [-0.25, -0.2) is 4.98 Å². The van der Waals surface area contributed by atoms with Gasteiger partial charge in [-0.15, -0.1) is 0 Å². The Morgan fingerprint density at radius 2 is 2.00 bits per heavy atom. The van der Waals surface area contributed by atoms with E-state index in [1.807, 2.05) is 37.3 Å². The largest absolute Gasteiger partial charge is 0.383 e. The van der Waals surface area contributed by atoms with Crippen molar-refractivity contribution in [2.75, 3.05) is 12.3 Å². The lowest BCUT2D eigenvalue weighted by atomic mass is 9.97. The van der Waals surface area contributed by atoms with E-state index in [9.17, 15) is 0 Å². The average Bonchev–Trinajstić information content (AvgIpc) is 2.47. The first-order chi connectivity index (χ1) is 9.63. The molecule has 4 N–H and O–H groups in total. The number of halogens is 1. The van der Waals surface area contributed by atoms with Crippen molar-refractivity contribution < 1.29 is 4.74 Å². The van der Waals surface area contributed by atoms with Crippen LogP contribution in [0, 0.1) is 0 Å². The summed E-state index contributed by atoms with van der Waals surface area (Å²) in [5.74, 6) is 0.377. The van der Waals surface area contributed by atoms with Crippen molar-refractivity contribution in [3.05, 3.63) is 58.7 Å². The van der Waals surface area contributed by atoms with Crippen molar-refractivity contribution in [1.82, 2.24) is 4.98 Å². The van der Waals surface area contributed by atoms with E-state index in [1.165, 1.54) is 6.20 Å². The third-order valence-corrected chi connectivity index (χ3v) is 3.28. The molecule has 1 aromatic heterocycles. The van der Waals surface area contributed by atoms with Crippen LogP contribution in [0.25, 0.3) is 0 Å². The van der Waals surface area contributed by atoms with Gasteiger partial charge in [0.1, 0.15) is 11.9 Å². The number of pyridine rings is 1. The molecule has 0 aliphatic rings. The molecule has 2 rings (SSSR count).